The van der Waals surface area contributed by atoms with Crippen LogP contribution in [0.25, 0.3) is 20.9 Å². The summed E-state index contributed by atoms with van der Waals surface area (Å²) < 4.78 is 1.46. The second-order valence-electron chi connectivity index (χ2n) is 5.42. The van der Waals surface area contributed by atoms with E-state index in [4.69, 9.17) is 5.84 Å². The monoisotopic (exact) mass is 390 g/mol. The van der Waals surface area contributed by atoms with Crippen LogP contribution in [0.3, 0.4) is 0 Å². The Morgan fingerprint density at radius 2 is 2.20 bits per heavy atom. The fourth-order valence-electron chi connectivity index (χ4n) is 2.45. The van der Waals surface area contributed by atoms with Gasteiger partial charge in [-0.25, -0.2) is 9.66 Å². The molecule has 0 bridgehead atoms. The summed E-state index contributed by atoms with van der Waals surface area (Å²) in [7, 11) is 0. The van der Waals surface area contributed by atoms with E-state index in [0.29, 0.717) is 27.9 Å². The Bertz CT molecular complexity index is 1110. The Balaban J connectivity index is 1.60. The molecule has 0 radical (unpaired) electrons. The molecule has 4 heterocycles. The molecule has 25 heavy (non-hydrogen) atoms. The number of hydrogen-bond acceptors (Lipinski definition) is 8. The fourth-order valence-corrected chi connectivity index (χ4v) is 4.93. The molecular formula is C15H14N6OS3. The molecular weight excluding hydrogens is 376 g/mol. The van der Waals surface area contributed by atoms with Gasteiger partial charge < -0.3 is 10.8 Å². The van der Waals surface area contributed by atoms with Gasteiger partial charge in [-0.15, -0.1) is 32.9 Å². The van der Waals surface area contributed by atoms with Gasteiger partial charge in [-0.3, -0.25) is 4.79 Å². The van der Waals surface area contributed by atoms with Crippen molar-refractivity contribution in [2.75, 3.05) is 5.84 Å². The van der Waals surface area contributed by atoms with E-state index in [1.54, 1.807) is 11.3 Å². The summed E-state index contributed by atoms with van der Waals surface area (Å²) in [6, 6.07) is 3.89. The molecule has 0 spiro atoms. The van der Waals surface area contributed by atoms with Crippen molar-refractivity contribution in [3.63, 3.8) is 0 Å². The second kappa shape index (κ2) is 6.28. The van der Waals surface area contributed by atoms with E-state index < -0.39 is 0 Å². The van der Waals surface area contributed by atoms with Gasteiger partial charge in [-0.05, 0) is 30.9 Å². The highest BCUT2D eigenvalue weighted by Crippen LogP contribution is 2.28. The molecule has 0 atom stereocenters. The number of nitrogens with zero attached hydrogens (tertiary/aromatic N) is 4. The zero-order valence-electron chi connectivity index (χ0n) is 13.4. The molecule has 128 valence electrons. The smallest absolute Gasteiger partial charge is 0.259 e. The number of nitrogens with two attached hydrogens (primary N) is 1. The van der Waals surface area contributed by atoms with Crippen LogP contribution in [0.1, 0.15) is 16.3 Å². The number of thioether (sulfide) groups is 1. The van der Waals surface area contributed by atoms with E-state index in [2.05, 4.69) is 20.2 Å². The summed E-state index contributed by atoms with van der Waals surface area (Å²) in [5.41, 5.74) is 0.895. The summed E-state index contributed by atoms with van der Waals surface area (Å²) >= 11 is 4.48. The Kier molecular flexibility index (Phi) is 4.10. The van der Waals surface area contributed by atoms with Crippen molar-refractivity contribution in [1.29, 1.82) is 0 Å². The third-order valence-electron chi connectivity index (χ3n) is 3.83. The Labute approximate surface area is 154 Å². The molecule has 4 aromatic heterocycles. The normalized spacial score (nSPS) is 11.4. The maximum Gasteiger partial charge on any atom is 0.259 e. The number of aryl methyl sites for hydroxylation is 2. The number of thiophene rings is 2. The highest BCUT2D eigenvalue weighted by atomic mass is 32.2. The van der Waals surface area contributed by atoms with Crippen LogP contribution in [-0.4, -0.2) is 24.8 Å². The van der Waals surface area contributed by atoms with E-state index in [9.17, 15) is 4.79 Å². The molecule has 0 aliphatic carbocycles. The van der Waals surface area contributed by atoms with E-state index in [1.165, 1.54) is 27.8 Å². The number of nitrogen functional groups attached to an aromatic ring is 1. The van der Waals surface area contributed by atoms with Crippen molar-refractivity contribution in [1.82, 2.24) is 24.8 Å². The predicted octanol–water partition coefficient (Wildman–Crippen LogP) is 2.93. The van der Waals surface area contributed by atoms with Crippen LogP contribution in [0.4, 0.5) is 0 Å². The van der Waals surface area contributed by atoms with Crippen LogP contribution >= 0.6 is 34.4 Å². The first kappa shape index (κ1) is 16.3. The number of aromatic amines is 1. The number of H-pyrrole nitrogens is 1. The summed E-state index contributed by atoms with van der Waals surface area (Å²) in [6.45, 7) is 3.95. The lowest BCUT2D eigenvalue weighted by molar-refractivity contribution is 0.848. The van der Waals surface area contributed by atoms with Gasteiger partial charge in [-0.2, -0.15) is 0 Å². The Morgan fingerprint density at radius 1 is 1.36 bits per heavy atom. The average Bonchev–Trinajstić information content (AvgIpc) is 3.27. The first-order valence-corrected chi connectivity index (χ1v) is 10.1. The van der Waals surface area contributed by atoms with Crippen LogP contribution in [-0.2, 0) is 5.75 Å². The van der Waals surface area contributed by atoms with Gasteiger partial charge >= 0.3 is 0 Å². The topological polar surface area (TPSA) is 102 Å². The van der Waals surface area contributed by atoms with Crippen LogP contribution in [0.2, 0.25) is 0 Å². The number of fused-ring (bicyclic) bond motifs is 1. The number of hydrogen-bond donors (Lipinski definition) is 2. The third-order valence-corrected chi connectivity index (χ3v) is 6.75. The third kappa shape index (κ3) is 2.86. The lowest BCUT2D eigenvalue weighted by atomic mass is 10.2. The van der Waals surface area contributed by atoms with E-state index in [-0.39, 0.29) is 5.56 Å². The van der Waals surface area contributed by atoms with Gasteiger partial charge in [0, 0.05) is 4.88 Å². The minimum atomic E-state index is -0.101. The fraction of sp³-hybridized carbons (Fsp3) is 0.200. The van der Waals surface area contributed by atoms with Crippen molar-refractivity contribution in [3.05, 3.63) is 44.1 Å². The van der Waals surface area contributed by atoms with Crippen molar-refractivity contribution in [3.8, 4) is 10.7 Å². The molecule has 0 saturated heterocycles. The molecule has 0 unspecified atom stereocenters. The average molecular weight is 391 g/mol. The van der Waals surface area contributed by atoms with E-state index in [0.717, 1.165) is 20.1 Å². The van der Waals surface area contributed by atoms with Crippen molar-refractivity contribution >= 4 is 44.7 Å². The quantitative estimate of drug-likeness (QED) is 0.410. The Morgan fingerprint density at radius 3 is 2.96 bits per heavy atom. The second-order valence-corrected chi connectivity index (χ2v) is 8.51. The SMILES string of the molecule is Cc1sc2nc(CSc3nnc(-c4cccs4)n3N)[nH]c(=O)c2c1C. The van der Waals surface area contributed by atoms with E-state index >= 15 is 0 Å². The summed E-state index contributed by atoms with van der Waals surface area (Å²) in [6.07, 6.45) is 0. The largest absolute Gasteiger partial charge is 0.335 e. The maximum absolute atomic E-state index is 12.3. The van der Waals surface area contributed by atoms with Crippen LogP contribution < -0.4 is 11.4 Å². The van der Waals surface area contributed by atoms with Gasteiger partial charge in [0.05, 0.1) is 16.0 Å². The van der Waals surface area contributed by atoms with Crippen molar-refractivity contribution < 1.29 is 0 Å². The van der Waals surface area contributed by atoms with Crippen LogP contribution in [0.5, 0.6) is 0 Å². The Hall–Kier alpha value is -2.17. The zero-order chi connectivity index (χ0) is 17.6. The lowest BCUT2D eigenvalue weighted by Gasteiger charge is -2.02. The summed E-state index contributed by atoms with van der Waals surface area (Å²) in [5.74, 6) is 7.77. The number of nitrogens with one attached hydrogen (secondary N) is 1. The molecule has 10 heteroatoms. The van der Waals surface area contributed by atoms with Crippen molar-refractivity contribution in [2.24, 2.45) is 0 Å². The van der Waals surface area contributed by atoms with Gasteiger partial charge in [0.2, 0.25) is 5.16 Å². The highest BCUT2D eigenvalue weighted by molar-refractivity contribution is 7.98. The molecule has 0 aliphatic rings. The maximum atomic E-state index is 12.3. The summed E-state index contributed by atoms with van der Waals surface area (Å²) in [4.78, 5) is 22.6. The molecule has 0 fully saturated rings. The van der Waals surface area contributed by atoms with Crippen LogP contribution in [0.15, 0.2) is 27.5 Å². The van der Waals surface area contributed by atoms with Gasteiger partial charge in [0.15, 0.2) is 5.82 Å². The zero-order valence-corrected chi connectivity index (χ0v) is 15.9. The molecule has 0 aliphatic heterocycles. The molecule has 7 nitrogen and oxygen atoms in total. The minimum Gasteiger partial charge on any atom is -0.335 e. The van der Waals surface area contributed by atoms with E-state index in [1.807, 2.05) is 31.4 Å². The van der Waals surface area contributed by atoms with Gasteiger partial charge in [-0.1, -0.05) is 17.8 Å². The molecule has 0 saturated carbocycles. The molecule has 4 aromatic rings. The van der Waals surface area contributed by atoms with Crippen molar-refractivity contribution in [2.45, 2.75) is 24.8 Å². The minimum absolute atomic E-state index is 0.101. The van der Waals surface area contributed by atoms with Gasteiger partial charge in [0.25, 0.3) is 5.56 Å². The first-order valence-electron chi connectivity index (χ1n) is 7.40. The molecule has 0 aromatic carbocycles. The molecule has 3 N–H and O–H groups in total. The first-order chi connectivity index (χ1) is 12.0. The molecule has 0 amide bonds. The summed E-state index contributed by atoms with van der Waals surface area (Å²) in [5, 5.41) is 11.5. The lowest BCUT2D eigenvalue weighted by Crippen LogP contribution is -2.13. The standard InChI is InChI=1S/C15H14N6OS3/c1-7-8(2)25-14-11(7)13(22)17-10(18-14)6-24-15-20-19-12(21(15)16)9-4-3-5-23-9/h3-5H,6,16H2,1-2H3,(H,17,18,22). The predicted molar refractivity (Wildman–Crippen MR) is 103 cm³/mol. The van der Waals surface area contributed by atoms with Gasteiger partial charge in [0.1, 0.15) is 10.7 Å². The highest BCUT2D eigenvalue weighted by Gasteiger charge is 2.15. The number of aromatic nitrogens is 5. The van der Waals surface area contributed by atoms with Crippen LogP contribution in [0, 0.1) is 13.8 Å². The molecule has 4 rings (SSSR count). The number of rotatable bonds is 4.